The van der Waals surface area contributed by atoms with Crippen molar-refractivity contribution in [3.05, 3.63) is 34.9 Å². The molecule has 1 aliphatic rings. The van der Waals surface area contributed by atoms with E-state index in [-0.39, 0.29) is 24.7 Å². The molecule has 27 heavy (non-hydrogen) atoms. The molecular weight excluding hydrogens is 379 g/mol. The Labute approximate surface area is 162 Å². The largest absolute Gasteiger partial charge is 0.405 e. The van der Waals surface area contributed by atoms with Crippen LogP contribution in [-0.2, 0) is 6.42 Å². The minimum atomic E-state index is -4.49. The van der Waals surface area contributed by atoms with Gasteiger partial charge in [-0.2, -0.15) is 13.2 Å². The van der Waals surface area contributed by atoms with E-state index >= 15 is 0 Å². The van der Waals surface area contributed by atoms with E-state index in [1.54, 1.807) is 24.3 Å². The van der Waals surface area contributed by atoms with Crippen molar-refractivity contribution < 1.29 is 18.0 Å². The predicted octanol–water partition coefficient (Wildman–Crippen LogP) is 5.40. The fourth-order valence-electron chi connectivity index (χ4n) is 3.31. The maximum atomic E-state index is 12.5. The predicted molar refractivity (Wildman–Crippen MR) is 100 cm³/mol. The summed E-state index contributed by atoms with van der Waals surface area (Å²) in [5.41, 5.74) is 0.665. The first-order chi connectivity index (χ1) is 12.8. The Bertz CT molecular complexity index is 643. The summed E-state index contributed by atoms with van der Waals surface area (Å²) in [7, 11) is 0. The minimum Gasteiger partial charge on any atom is -0.329 e. The SMILES string of the molecule is N=C(Cc1ccccc1Cl)N(CC1CCCCCC1)C(=O)NCC(F)(F)F. The monoisotopic (exact) mass is 403 g/mol. The fraction of sp³-hybridized carbons (Fsp3) is 0.579. The van der Waals surface area contributed by atoms with Gasteiger partial charge in [-0.3, -0.25) is 10.3 Å². The lowest BCUT2D eigenvalue weighted by molar-refractivity contribution is -0.123. The highest BCUT2D eigenvalue weighted by Gasteiger charge is 2.30. The Balaban J connectivity index is 2.10. The molecule has 0 unspecified atom stereocenters. The summed E-state index contributed by atoms with van der Waals surface area (Å²) >= 11 is 6.12. The molecule has 2 amide bonds. The van der Waals surface area contributed by atoms with Crippen molar-refractivity contribution in [2.24, 2.45) is 5.92 Å². The standard InChI is InChI=1S/C19H25ClF3N3O/c20-16-10-6-5-9-15(16)11-17(24)26(18(27)25-13-19(21,22)23)12-14-7-3-1-2-4-8-14/h5-6,9-10,14,24H,1-4,7-8,11-13H2,(H,25,27). The van der Waals surface area contributed by atoms with Gasteiger partial charge in [0.05, 0.1) is 0 Å². The minimum absolute atomic E-state index is 0.0491. The van der Waals surface area contributed by atoms with Crippen LogP contribution >= 0.6 is 11.6 Å². The number of hydrogen-bond donors (Lipinski definition) is 2. The third kappa shape index (κ3) is 7.40. The molecule has 4 nitrogen and oxygen atoms in total. The maximum Gasteiger partial charge on any atom is 0.405 e. The number of nitrogens with one attached hydrogen (secondary N) is 2. The van der Waals surface area contributed by atoms with Crippen LogP contribution in [0.1, 0.15) is 44.1 Å². The van der Waals surface area contributed by atoms with Crippen LogP contribution in [0.3, 0.4) is 0 Å². The zero-order valence-electron chi connectivity index (χ0n) is 15.1. The second-order valence-corrected chi connectivity index (χ2v) is 7.36. The highest BCUT2D eigenvalue weighted by atomic mass is 35.5. The van der Waals surface area contributed by atoms with E-state index in [0.29, 0.717) is 10.6 Å². The van der Waals surface area contributed by atoms with Crippen molar-refractivity contribution >= 4 is 23.5 Å². The van der Waals surface area contributed by atoms with Crippen LogP contribution in [0, 0.1) is 11.3 Å². The molecule has 1 fully saturated rings. The van der Waals surface area contributed by atoms with E-state index < -0.39 is 18.8 Å². The number of rotatable bonds is 5. The summed E-state index contributed by atoms with van der Waals surface area (Å²) in [5.74, 6) is 0.141. The van der Waals surface area contributed by atoms with Crippen LogP contribution in [0.25, 0.3) is 0 Å². The van der Waals surface area contributed by atoms with Gasteiger partial charge in [0.2, 0.25) is 0 Å². The third-order valence-corrected chi connectivity index (χ3v) is 5.11. The molecule has 150 valence electrons. The van der Waals surface area contributed by atoms with Gasteiger partial charge in [0.25, 0.3) is 0 Å². The first kappa shape index (κ1) is 21.5. The average molecular weight is 404 g/mol. The molecule has 2 N–H and O–H groups in total. The van der Waals surface area contributed by atoms with Crippen LogP contribution in [0.2, 0.25) is 5.02 Å². The summed E-state index contributed by atoms with van der Waals surface area (Å²) in [6.45, 7) is -1.15. The van der Waals surface area contributed by atoms with E-state index in [2.05, 4.69) is 0 Å². The summed E-state index contributed by atoms with van der Waals surface area (Å²) in [4.78, 5) is 13.6. The zero-order valence-corrected chi connectivity index (χ0v) is 15.9. The third-order valence-electron chi connectivity index (χ3n) is 4.74. The number of nitrogens with zero attached hydrogens (tertiary/aromatic N) is 1. The summed E-state index contributed by atoms with van der Waals surface area (Å²) in [5, 5.41) is 10.7. The van der Waals surface area contributed by atoms with Crippen molar-refractivity contribution in [3.63, 3.8) is 0 Å². The number of urea groups is 1. The number of carbonyl (C=O) groups is 1. The Morgan fingerprint density at radius 3 is 2.41 bits per heavy atom. The molecule has 8 heteroatoms. The molecule has 2 rings (SSSR count). The quantitative estimate of drug-likeness (QED) is 0.386. The van der Waals surface area contributed by atoms with Crippen molar-refractivity contribution in [1.82, 2.24) is 10.2 Å². The Morgan fingerprint density at radius 2 is 1.81 bits per heavy atom. The number of alkyl halides is 3. The highest BCUT2D eigenvalue weighted by molar-refractivity contribution is 6.31. The lowest BCUT2D eigenvalue weighted by atomic mass is 9.99. The van der Waals surface area contributed by atoms with Crippen molar-refractivity contribution in [2.45, 2.75) is 51.1 Å². The summed E-state index contributed by atoms with van der Waals surface area (Å²) in [6, 6.07) is 6.08. The normalized spacial score (nSPS) is 15.9. The zero-order chi connectivity index (χ0) is 19.9. The molecule has 1 saturated carbocycles. The smallest absolute Gasteiger partial charge is 0.329 e. The number of hydrogen-bond acceptors (Lipinski definition) is 2. The molecule has 1 aromatic rings. The van der Waals surface area contributed by atoms with Gasteiger partial charge in [0, 0.05) is 18.0 Å². The Kier molecular flexibility index (Phi) is 7.95. The van der Waals surface area contributed by atoms with Gasteiger partial charge in [0.1, 0.15) is 12.4 Å². The second kappa shape index (κ2) is 9.97. The highest BCUT2D eigenvalue weighted by Crippen LogP contribution is 2.25. The van der Waals surface area contributed by atoms with Crippen LogP contribution in [0.15, 0.2) is 24.3 Å². The number of amidine groups is 1. The van der Waals surface area contributed by atoms with Crippen LogP contribution in [0.5, 0.6) is 0 Å². The lowest BCUT2D eigenvalue weighted by Crippen LogP contribution is -2.48. The number of amides is 2. The molecule has 0 atom stereocenters. The number of halogens is 4. The fourth-order valence-corrected chi connectivity index (χ4v) is 3.51. The lowest BCUT2D eigenvalue weighted by Gasteiger charge is -2.28. The van der Waals surface area contributed by atoms with Crippen molar-refractivity contribution in [1.29, 1.82) is 5.41 Å². The van der Waals surface area contributed by atoms with Crippen molar-refractivity contribution in [3.8, 4) is 0 Å². The van der Waals surface area contributed by atoms with Gasteiger partial charge in [-0.15, -0.1) is 0 Å². The van der Waals surface area contributed by atoms with Crippen LogP contribution in [0.4, 0.5) is 18.0 Å². The van der Waals surface area contributed by atoms with Gasteiger partial charge in [-0.1, -0.05) is 55.5 Å². The topological polar surface area (TPSA) is 56.2 Å². The molecule has 0 radical (unpaired) electrons. The van der Waals surface area contributed by atoms with Crippen LogP contribution < -0.4 is 5.32 Å². The number of benzene rings is 1. The maximum absolute atomic E-state index is 12.5. The Hall–Kier alpha value is -1.76. The van der Waals surface area contributed by atoms with E-state index in [0.717, 1.165) is 43.4 Å². The van der Waals surface area contributed by atoms with Gasteiger partial charge in [-0.25, -0.2) is 4.79 Å². The summed E-state index contributed by atoms with van der Waals surface area (Å²) < 4.78 is 37.5. The molecular formula is C19H25ClF3N3O. The van der Waals surface area contributed by atoms with Gasteiger partial charge < -0.3 is 5.32 Å². The molecule has 0 heterocycles. The first-order valence-corrected chi connectivity index (χ1v) is 9.57. The molecule has 1 aliphatic carbocycles. The molecule has 0 saturated heterocycles. The molecule has 0 aliphatic heterocycles. The van der Waals surface area contributed by atoms with E-state index in [1.165, 1.54) is 0 Å². The van der Waals surface area contributed by atoms with Crippen molar-refractivity contribution in [2.75, 3.05) is 13.1 Å². The first-order valence-electron chi connectivity index (χ1n) is 9.19. The molecule has 0 aromatic heterocycles. The molecule has 0 spiro atoms. The van der Waals surface area contributed by atoms with Crippen LogP contribution in [-0.4, -0.2) is 36.0 Å². The number of carbonyl (C=O) groups excluding carboxylic acids is 1. The van der Waals surface area contributed by atoms with E-state index in [4.69, 9.17) is 17.0 Å². The van der Waals surface area contributed by atoms with Gasteiger partial charge in [-0.05, 0) is 30.4 Å². The molecule has 1 aromatic carbocycles. The second-order valence-electron chi connectivity index (χ2n) is 6.96. The van der Waals surface area contributed by atoms with Gasteiger partial charge >= 0.3 is 12.2 Å². The average Bonchev–Trinajstić information content (AvgIpc) is 2.87. The summed E-state index contributed by atoms with van der Waals surface area (Å²) in [6.07, 6.45) is 1.79. The molecule has 0 bridgehead atoms. The Morgan fingerprint density at radius 1 is 1.19 bits per heavy atom. The van der Waals surface area contributed by atoms with Gasteiger partial charge in [0.15, 0.2) is 0 Å². The van der Waals surface area contributed by atoms with E-state index in [1.807, 2.05) is 5.32 Å². The van der Waals surface area contributed by atoms with E-state index in [9.17, 15) is 18.0 Å².